The second-order valence-electron chi connectivity index (χ2n) is 3.94. The van der Waals surface area contributed by atoms with E-state index in [0.29, 0.717) is 6.54 Å². The minimum Gasteiger partial charge on any atom is -0.389 e. The largest absolute Gasteiger partial charge is 0.389 e. The lowest BCUT2D eigenvalue weighted by Gasteiger charge is -2.25. The van der Waals surface area contributed by atoms with E-state index in [2.05, 4.69) is 11.2 Å². The van der Waals surface area contributed by atoms with Crippen molar-refractivity contribution in [1.29, 1.82) is 0 Å². The van der Waals surface area contributed by atoms with Crippen LogP contribution in [-0.2, 0) is 0 Å². The molecule has 0 unspecified atom stereocenters. The molecule has 0 bridgehead atoms. The number of hydrogen-bond acceptors (Lipinski definition) is 2. The highest BCUT2D eigenvalue weighted by molar-refractivity contribution is 5.07. The van der Waals surface area contributed by atoms with Crippen molar-refractivity contribution in [1.82, 2.24) is 5.32 Å². The van der Waals surface area contributed by atoms with Crippen LogP contribution < -0.4 is 5.32 Å². The topological polar surface area (TPSA) is 32.3 Å². The summed E-state index contributed by atoms with van der Waals surface area (Å²) in [6.45, 7) is 7.79. The van der Waals surface area contributed by atoms with Crippen molar-refractivity contribution in [2.45, 2.75) is 38.8 Å². The molecular weight excluding hydrogens is 138 g/mol. The molecule has 0 heterocycles. The van der Waals surface area contributed by atoms with E-state index in [4.69, 9.17) is 6.42 Å². The summed E-state index contributed by atoms with van der Waals surface area (Å²) < 4.78 is 0. The SMILES string of the molecule is C#CC(C)(C)NCC(C)(C)O. The molecule has 0 aromatic carbocycles. The third kappa shape index (κ3) is 5.90. The summed E-state index contributed by atoms with van der Waals surface area (Å²) in [5.74, 6) is 2.59. The molecule has 0 rings (SSSR count). The number of rotatable bonds is 3. The van der Waals surface area contributed by atoms with Crippen LogP contribution in [-0.4, -0.2) is 22.8 Å². The van der Waals surface area contributed by atoms with Crippen LogP contribution in [0.5, 0.6) is 0 Å². The molecule has 0 radical (unpaired) electrons. The normalized spacial score (nSPS) is 12.7. The predicted molar refractivity (Wildman–Crippen MR) is 47.2 cm³/mol. The predicted octanol–water partition coefficient (Wildman–Crippen LogP) is 0.759. The molecule has 2 N–H and O–H groups in total. The van der Waals surface area contributed by atoms with Gasteiger partial charge in [-0.2, -0.15) is 0 Å². The maximum absolute atomic E-state index is 9.35. The summed E-state index contributed by atoms with van der Waals surface area (Å²) in [5.41, 5.74) is -1.03. The molecule has 0 saturated carbocycles. The van der Waals surface area contributed by atoms with Crippen LogP contribution in [0.2, 0.25) is 0 Å². The first-order chi connectivity index (χ1) is 4.77. The summed E-state index contributed by atoms with van der Waals surface area (Å²) in [4.78, 5) is 0. The van der Waals surface area contributed by atoms with Gasteiger partial charge in [-0.1, -0.05) is 5.92 Å². The molecular formula is C9H17NO. The molecule has 0 aliphatic rings. The number of aliphatic hydroxyl groups is 1. The van der Waals surface area contributed by atoms with E-state index in [1.54, 1.807) is 13.8 Å². The van der Waals surface area contributed by atoms with Crippen molar-refractivity contribution in [2.75, 3.05) is 6.54 Å². The van der Waals surface area contributed by atoms with Gasteiger partial charge in [0.05, 0.1) is 11.1 Å². The molecule has 0 aliphatic carbocycles. The highest BCUT2D eigenvalue weighted by Crippen LogP contribution is 2.03. The first-order valence-corrected chi connectivity index (χ1v) is 3.72. The number of terminal acetylenes is 1. The van der Waals surface area contributed by atoms with E-state index in [9.17, 15) is 5.11 Å². The maximum atomic E-state index is 9.35. The van der Waals surface area contributed by atoms with Gasteiger partial charge in [-0.15, -0.1) is 6.42 Å². The van der Waals surface area contributed by atoms with Gasteiger partial charge in [-0.3, -0.25) is 5.32 Å². The first kappa shape index (κ1) is 10.5. The Bertz CT molecular complexity index is 159. The fourth-order valence-corrected chi connectivity index (χ4v) is 0.488. The molecule has 0 atom stereocenters. The van der Waals surface area contributed by atoms with Gasteiger partial charge in [0.2, 0.25) is 0 Å². The maximum Gasteiger partial charge on any atom is 0.0742 e. The zero-order valence-electron chi connectivity index (χ0n) is 7.73. The third-order valence-electron chi connectivity index (χ3n) is 1.32. The number of β-amino-alcohol motifs (C(OH)–C–C–N with tert-alkyl or cyclic N) is 1. The van der Waals surface area contributed by atoms with Crippen molar-refractivity contribution in [3.63, 3.8) is 0 Å². The zero-order valence-corrected chi connectivity index (χ0v) is 7.73. The smallest absolute Gasteiger partial charge is 0.0742 e. The molecule has 0 spiro atoms. The molecule has 11 heavy (non-hydrogen) atoms. The Labute approximate surface area is 69.0 Å². The lowest BCUT2D eigenvalue weighted by molar-refractivity contribution is 0.0747. The molecule has 0 amide bonds. The Kier molecular flexibility index (Phi) is 3.10. The summed E-state index contributed by atoms with van der Waals surface area (Å²) in [7, 11) is 0. The van der Waals surface area contributed by atoms with Crippen LogP contribution in [0.1, 0.15) is 27.7 Å². The molecule has 0 fully saturated rings. The average Bonchev–Trinajstić information content (AvgIpc) is 1.83. The van der Waals surface area contributed by atoms with Gasteiger partial charge >= 0.3 is 0 Å². The van der Waals surface area contributed by atoms with Crippen LogP contribution in [0.15, 0.2) is 0 Å². The highest BCUT2D eigenvalue weighted by Gasteiger charge is 2.18. The Morgan fingerprint density at radius 2 is 1.82 bits per heavy atom. The van der Waals surface area contributed by atoms with Crippen LogP contribution in [0.3, 0.4) is 0 Å². The first-order valence-electron chi connectivity index (χ1n) is 3.72. The van der Waals surface area contributed by atoms with E-state index >= 15 is 0 Å². The molecule has 64 valence electrons. The molecule has 2 heteroatoms. The third-order valence-corrected chi connectivity index (χ3v) is 1.32. The van der Waals surface area contributed by atoms with Gasteiger partial charge in [0.1, 0.15) is 0 Å². The average molecular weight is 155 g/mol. The van der Waals surface area contributed by atoms with Crippen molar-refractivity contribution in [2.24, 2.45) is 0 Å². The van der Waals surface area contributed by atoms with Gasteiger partial charge in [0, 0.05) is 6.54 Å². The number of nitrogens with one attached hydrogen (secondary N) is 1. The van der Waals surface area contributed by atoms with Gasteiger partial charge in [0.25, 0.3) is 0 Å². The molecule has 2 nitrogen and oxygen atoms in total. The summed E-state index contributed by atoms with van der Waals surface area (Å²) in [6, 6.07) is 0. The summed E-state index contributed by atoms with van der Waals surface area (Å²) in [5, 5.41) is 12.4. The van der Waals surface area contributed by atoms with Crippen LogP contribution >= 0.6 is 0 Å². The number of hydrogen-bond donors (Lipinski definition) is 2. The second-order valence-corrected chi connectivity index (χ2v) is 3.94. The minimum absolute atomic E-state index is 0.333. The van der Waals surface area contributed by atoms with E-state index < -0.39 is 5.60 Å². The van der Waals surface area contributed by atoms with Crippen LogP contribution in [0.25, 0.3) is 0 Å². The Morgan fingerprint density at radius 1 is 1.36 bits per heavy atom. The molecule has 0 aromatic rings. The molecule has 0 aliphatic heterocycles. The van der Waals surface area contributed by atoms with Crippen molar-refractivity contribution in [3.8, 4) is 12.3 Å². The monoisotopic (exact) mass is 155 g/mol. The van der Waals surface area contributed by atoms with E-state index in [1.807, 2.05) is 13.8 Å². The Balaban J connectivity index is 3.83. The summed E-state index contributed by atoms with van der Waals surface area (Å²) in [6.07, 6.45) is 5.24. The molecule has 0 saturated heterocycles. The zero-order chi connectivity index (χ0) is 9.12. The lowest BCUT2D eigenvalue weighted by atomic mass is 10.0. The second kappa shape index (κ2) is 3.25. The Morgan fingerprint density at radius 3 is 2.09 bits per heavy atom. The fraction of sp³-hybridized carbons (Fsp3) is 0.778. The minimum atomic E-state index is -0.700. The van der Waals surface area contributed by atoms with Crippen LogP contribution in [0.4, 0.5) is 0 Å². The summed E-state index contributed by atoms with van der Waals surface area (Å²) >= 11 is 0. The van der Waals surface area contributed by atoms with Gasteiger partial charge in [0.15, 0.2) is 0 Å². The van der Waals surface area contributed by atoms with Crippen LogP contribution in [0, 0.1) is 12.3 Å². The lowest BCUT2D eigenvalue weighted by Crippen LogP contribution is -2.45. The van der Waals surface area contributed by atoms with Gasteiger partial charge < -0.3 is 5.11 Å². The highest BCUT2D eigenvalue weighted by atomic mass is 16.3. The van der Waals surface area contributed by atoms with Crippen molar-refractivity contribution >= 4 is 0 Å². The van der Waals surface area contributed by atoms with E-state index in [-0.39, 0.29) is 5.54 Å². The van der Waals surface area contributed by atoms with Crippen molar-refractivity contribution in [3.05, 3.63) is 0 Å². The Hall–Kier alpha value is -0.520. The van der Waals surface area contributed by atoms with Crippen molar-refractivity contribution < 1.29 is 5.11 Å². The van der Waals surface area contributed by atoms with E-state index in [0.717, 1.165) is 0 Å². The molecule has 0 aromatic heterocycles. The fourth-order valence-electron chi connectivity index (χ4n) is 0.488. The standard InChI is InChI=1S/C9H17NO/c1-6-8(2,3)10-7-9(4,5)11/h1,10-11H,7H2,2-5H3. The quantitative estimate of drug-likeness (QED) is 0.590. The van der Waals surface area contributed by atoms with Gasteiger partial charge in [-0.05, 0) is 27.7 Å². The van der Waals surface area contributed by atoms with Gasteiger partial charge in [-0.25, -0.2) is 0 Å². The van der Waals surface area contributed by atoms with E-state index in [1.165, 1.54) is 0 Å².